The van der Waals surface area contributed by atoms with Crippen molar-refractivity contribution in [1.82, 2.24) is 25.3 Å². The van der Waals surface area contributed by atoms with E-state index in [1.807, 2.05) is 36.4 Å². The number of carbonyl (C=O) groups excluding carboxylic acids is 2. The van der Waals surface area contributed by atoms with Crippen LogP contribution in [0.3, 0.4) is 0 Å². The molecule has 0 fully saturated rings. The monoisotopic (exact) mass is 414 g/mol. The molecule has 0 bridgehead atoms. The number of hydrogen-bond acceptors (Lipinski definition) is 8. The molecule has 4 aromatic rings. The van der Waals surface area contributed by atoms with Gasteiger partial charge in [-0.25, -0.2) is 0 Å². The first-order valence-corrected chi connectivity index (χ1v) is 9.94. The Morgan fingerprint density at radius 3 is 2.13 bits per heavy atom. The Hall–Kier alpha value is -3.98. The van der Waals surface area contributed by atoms with E-state index in [4.69, 9.17) is 0 Å². The topological polar surface area (TPSA) is 101 Å². The molecule has 0 atom stereocenters. The number of hydrogen-bond donors (Lipinski definition) is 1. The van der Waals surface area contributed by atoms with E-state index in [1.165, 1.54) is 16.2 Å². The van der Waals surface area contributed by atoms with Gasteiger partial charge in [0.15, 0.2) is 5.82 Å². The standard InChI is InChI=1S/C21H14N6O2S/c28-19-14-8-4-5-9-15(14)20(29)27(19)12-18-25-26-21(30-18)22-17-11-10-16(23-24-17)13-6-2-1-3-7-13/h1-11H,12H2,(H,22,24,26). The summed E-state index contributed by atoms with van der Waals surface area (Å²) in [5.74, 6) is -0.108. The third-order valence-corrected chi connectivity index (χ3v) is 5.43. The summed E-state index contributed by atoms with van der Waals surface area (Å²) in [5, 5.41) is 20.7. The van der Waals surface area contributed by atoms with Crippen LogP contribution in [0, 0.1) is 0 Å². The van der Waals surface area contributed by atoms with Crippen LogP contribution >= 0.6 is 11.3 Å². The van der Waals surface area contributed by atoms with Crippen molar-refractivity contribution in [1.29, 1.82) is 0 Å². The van der Waals surface area contributed by atoms with Crippen molar-refractivity contribution >= 4 is 34.1 Å². The number of nitrogens with zero attached hydrogens (tertiary/aromatic N) is 5. The number of fused-ring (bicyclic) bond motifs is 1. The molecule has 2 aromatic carbocycles. The van der Waals surface area contributed by atoms with E-state index < -0.39 is 0 Å². The minimum Gasteiger partial charge on any atom is -0.313 e. The fourth-order valence-corrected chi connectivity index (χ4v) is 3.89. The summed E-state index contributed by atoms with van der Waals surface area (Å²) in [4.78, 5) is 26.2. The second-order valence-electron chi connectivity index (χ2n) is 6.54. The summed E-state index contributed by atoms with van der Waals surface area (Å²) in [7, 11) is 0. The van der Waals surface area contributed by atoms with Gasteiger partial charge in [-0.15, -0.1) is 20.4 Å². The molecule has 0 saturated carbocycles. The summed E-state index contributed by atoms with van der Waals surface area (Å²) in [6.07, 6.45) is 0. The molecule has 30 heavy (non-hydrogen) atoms. The van der Waals surface area contributed by atoms with Crippen molar-refractivity contribution in [3.63, 3.8) is 0 Å². The molecular formula is C21H14N6O2S. The lowest BCUT2D eigenvalue weighted by Gasteiger charge is -2.10. The molecule has 1 N–H and O–H groups in total. The number of nitrogens with one attached hydrogen (secondary N) is 1. The molecule has 0 unspecified atom stereocenters. The molecule has 0 spiro atoms. The van der Waals surface area contributed by atoms with Gasteiger partial charge in [-0.3, -0.25) is 14.5 Å². The highest BCUT2D eigenvalue weighted by Crippen LogP contribution is 2.27. The predicted molar refractivity (Wildman–Crippen MR) is 111 cm³/mol. The van der Waals surface area contributed by atoms with Crippen LogP contribution in [0.4, 0.5) is 10.9 Å². The summed E-state index contributed by atoms with van der Waals surface area (Å²) in [5.41, 5.74) is 2.58. The zero-order valence-corrected chi connectivity index (χ0v) is 16.3. The zero-order chi connectivity index (χ0) is 20.5. The second-order valence-corrected chi connectivity index (χ2v) is 7.60. The average molecular weight is 414 g/mol. The first-order chi connectivity index (χ1) is 14.7. The first kappa shape index (κ1) is 18.1. The van der Waals surface area contributed by atoms with Gasteiger partial charge < -0.3 is 5.32 Å². The number of amides is 2. The average Bonchev–Trinajstić information content (AvgIpc) is 3.33. The first-order valence-electron chi connectivity index (χ1n) is 9.13. The lowest BCUT2D eigenvalue weighted by molar-refractivity contribution is 0.0642. The Labute approximate surface area is 175 Å². The van der Waals surface area contributed by atoms with E-state index >= 15 is 0 Å². The lowest BCUT2D eigenvalue weighted by Crippen LogP contribution is -2.29. The van der Waals surface area contributed by atoms with Gasteiger partial charge in [-0.2, -0.15) is 0 Å². The van der Waals surface area contributed by atoms with Crippen LogP contribution in [-0.2, 0) is 6.54 Å². The predicted octanol–water partition coefficient (Wildman–Crippen LogP) is 3.53. The maximum absolute atomic E-state index is 12.5. The Bertz CT molecular complexity index is 1200. The second kappa shape index (κ2) is 7.45. The third-order valence-electron chi connectivity index (χ3n) is 4.61. The molecule has 0 saturated heterocycles. The van der Waals surface area contributed by atoms with E-state index in [1.54, 1.807) is 30.3 Å². The highest BCUT2D eigenvalue weighted by molar-refractivity contribution is 7.15. The Kier molecular flexibility index (Phi) is 4.49. The summed E-state index contributed by atoms with van der Waals surface area (Å²) in [6.45, 7) is 0.0737. The molecule has 2 aromatic heterocycles. The largest absolute Gasteiger partial charge is 0.313 e. The van der Waals surface area contributed by atoms with Gasteiger partial charge in [-0.1, -0.05) is 53.8 Å². The van der Waals surface area contributed by atoms with E-state index in [9.17, 15) is 9.59 Å². The smallest absolute Gasteiger partial charge is 0.261 e. The Morgan fingerprint density at radius 2 is 1.47 bits per heavy atom. The van der Waals surface area contributed by atoms with Crippen LogP contribution in [0.15, 0.2) is 66.7 Å². The van der Waals surface area contributed by atoms with Crippen LogP contribution in [0.5, 0.6) is 0 Å². The number of carbonyl (C=O) groups is 2. The number of benzene rings is 2. The molecule has 5 rings (SSSR count). The van der Waals surface area contributed by atoms with Crippen LogP contribution in [-0.4, -0.2) is 37.1 Å². The molecule has 0 aliphatic carbocycles. The minimum absolute atomic E-state index is 0.0737. The molecule has 0 radical (unpaired) electrons. The zero-order valence-electron chi connectivity index (χ0n) is 15.5. The van der Waals surface area contributed by atoms with Gasteiger partial charge in [0.2, 0.25) is 5.13 Å². The van der Waals surface area contributed by atoms with Crippen LogP contribution in [0.2, 0.25) is 0 Å². The summed E-state index contributed by atoms with van der Waals surface area (Å²) < 4.78 is 0. The summed E-state index contributed by atoms with van der Waals surface area (Å²) in [6, 6.07) is 20.2. The highest BCUT2D eigenvalue weighted by Gasteiger charge is 2.35. The minimum atomic E-state index is -0.317. The molecule has 146 valence electrons. The molecule has 8 nitrogen and oxygen atoms in total. The fraction of sp³-hybridized carbons (Fsp3) is 0.0476. The van der Waals surface area contributed by atoms with Crippen molar-refractivity contribution in [2.75, 3.05) is 5.32 Å². The van der Waals surface area contributed by atoms with Gasteiger partial charge >= 0.3 is 0 Å². The van der Waals surface area contributed by atoms with Crippen molar-refractivity contribution in [3.05, 3.63) is 82.9 Å². The highest BCUT2D eigenvalue weighted by atomic mass is 32.1. The van der Waals surface area contributed by atoms with Crippen LogP contribution < -0.4 is 5.32 Å². The molecule has 1 aliphatic heterocycles. The number of aromatic nitrogens is 4. The van der Waals surface area contributed by atoms with E-state index in [0.29, 0.717) is 27.1 Å². The van der Waals surface area contributed by atoms with Crippen molar-refractivity contribution < 1.29 is 9.59 Å². The Morgan fingerprint density at radius 1 is 0.767 bits per heavy atom. The summed E-state index contributed by atoms with van der Waals surface area (Å²) >= 11 is 1.25. The maximum Gasteiger partial charge on any atom is 0.261 e. The van der Waals surface area contributed by atoms with Gasteiger partial charge in [-0.05, 0) is 24.3 Å². The molecule has 9 heteroatoms. The van der Waals surface area contributed by atoms with Crippen molar-refractivity contribution in [2.24, 2.45) is 0 Å². The van der Waals surface area contributed by atoms with Gasteiger partial charge in [0, 0.05) is 5.56 Å². The van der Waals surface area contributed by atoms with E-state index in [2.05, 4.69) is 25.7 Å². The van der Waals surface area contributed by atoms with Gasteiger partial charge in [0.25, 0.3) is 11.8 Å². The Balaban J connectivity index is 1.28. The molecular weight excluding hydrogens is 400 g/mol. The maximum atomic E-state index is 12.5. The lowest BCUT2D eigenvalue weighted by atomic mass is 10.1. The number of imide groups is 1. The van der Waals surface area contributed by atoms with Crippen molar-refractivity contribution in [2.45, 2.75) is 6.54 Å². The molecule has 1 aliphatic rings. The fourth-order valence-electron chi connectivity index (χ4n) is 3.16. The normalized spacial score (nSPS) is 12.9. The van der Waals surface area contributed by atoms with Crippen LogP contribution in [0.25, 0.3) is 11.3 Å². The molecule has 3 heterocycles. The van der Waals surface area contributed by atoms with Crippen molar-refractivity contribution in [3.8, 4) is 11.3 Å². The van der Waals surface area contributed by atoms with Gasteiger partial charge in [0.1, 0.15) is 5.01 Å². The van der Waals surface area contributed by atoms with Crippen LogP contribution in [0.1, 0.15) is 25.7 Å². The van der Waals surface area contributed by atoms with E-state index in [0.717, 1.165) is 11.3 Å². The SMILES string of the molecule is O=C1c2ccccc2C(=O)N1Cc1nnc(Nc2ccc(-c3ccccc3)nn2)s1. The van der Waals surface area contributed by atoms with E-state index in [-0.39, 0.29) is 18.4 Å². The molecule has 2 amide bonds. The van der Waals surface area contributed by atoms with Gasteiger partial charge in [0.05, 0.1) is 23.4 Å². The third kappa shape index (κ3) is 3.31. The quantitative estimate of drug-likeness (QED) is 0.499. The number of rotatable bonds is 5. The number of anilines is 2.